The molecule has 0 spiro atoms. The third kappa shape index (κ3) is 12.5. The van der Waals surface area contributed by atoms with Crippen LogP contribution in [0.25, 0.3) is 0 Å². The van der Waals surface area contributed by atoms with Gasteiger partial charge in [-0.05, 0) is 110 Å². The molecule has 16 heteroatoms. The Morgan fingerprint density at radius 1 is 0.643 bits per heavy atom. The van der Waals surface area contributed by atoms with Crippen LogP contribution in [0.4, 0.5) is 17.1 Å². The zero-order valence-electron chi connectivity index (χ0n) is 32.3. The number of alkyl halides is 1. The smallest absolute Gasteiger partial charge is 0.284 e. The van der Waals surface area contributed by atoms with Gasteiger partial charge in [-0.1, -0.05) is 42.6 Å². The Morgan fingerprint density at radius 3 is 1.46 bits per heavy atom. The van der Waals surface area contributed by atoms with Crippen LogP contribution in [0.15, 0.2) is 54.6 Å². The van der Waals surface area contributed by atoms with E-state index in [0.717, 1.165) is 75.6 Å². The molecule has 0 saturated carbocycles. The molecule has 3 aromatic rings. The standard InChI is InChI=1S/C16H21N3O2S.C12H15ClN2O.C12H16N4OS/c1-18-5-4-12-10-14(3-2-13(12)11-18)17-15(20)16(22)19-6-8-21-9-7-19;1-15-5-4-9-6-11(14-12(16)7-13)3-2-10(9)8-15;1-16-5-4-8-6-10(3-2-9(8)7-16)14-11(17)12(18)15-13/h2-3,10H,4-9,11H2,1H3,(H,17,20);2-3,6H,4-5,7-8H2,1H3,(H,14,16);2-3,6H,4-5,7,13H2,1H3,(H,14,17)(H,15,18). The van der Waals surface area contributed by atoms with Crippen molar-refractivity contribution in [3.8, 4) is 0 Å². The van der Waals surface area contributed by atoms with Gasteiger partial charge in [-0.3, -0.25) is 14.4 Å². The lowest BCUT2D eigenvalue weighted by Crippen LogP contribution is -2.44. The molecule has 4 aliphatic rings. The van der Waals surface area contributed by atoms with E-state index in [4.69, 9.17) is 46.6 Å². The fraction of sp³-hybridized carbons (Fsp3) is 0.425. The molecule has 13 nitrogen and oxygen atoms in total. The van der Waals surface area contributed by atoms with Crippen molar-refractivity contribution in [3.63, 3.8) is 0 Å². The Bertz CT molecular complexity index is 1910. The largest absolute Gasteiger partial charge is 0.378 e. The first-order valence-corrected chi connectivity index (χ1v) is 20.0. The number of halogens is 1. The van der Waals surface area contributed by atoms with Gasteiger partial charge >= 0.3 is 0 Å². The van der Waals surface area contributed by atoms with Crippen molar-refractivity contribution in [3.05, 3.63) is 88.0 Å². The maximum absolute atomic E-state index is 12.3. The highest BCUT2D eigenvalue weighted by molar-refractivity contribution is 7.82. The maximum Gasteiger partial charge on any atom is 0.284 e. The predicted molar refractivity (Wildman–Crippen MR) is 231 cm³/mol. The van der Waals surface area contributed by atoms with E-state index in [9.17, 15) is 14.4 Å². The summed E-state index contributed by atoms with van der Waals surface area (Å²) in [6.07, 6.45) is 3.05. The number of nitrogens with one attached hydrogen (secondary N) is 4. The molecule has 0 atom stereocenters. The van der Waals surface area contributed by atoms with Crippen LogP contribution >= 0.6 is 36.0 Å². The highest BCUT2D eigenvalue weighted by Gasteiger charge is 2.21. The number of hydrogen-bond acceptors (Lipinski definition) is 10. The summed E-state index contributed by atoms with van der Waals surface area (Å²) in [6, 6.07) is 18.1. The lowest BCUT2D eigenvalue weighted by atomic mass is 9.99. The van der Waals surface area contributed by atoms with Gasteiger partial charge < -0.3 is 45.7 Å². The SMILES string of the molecule is CN1CCc2cc(NC(=O)C(=S)N3CCOCC3)ccc2C1.CN1CCc2cc(NC(=O)C(=S)NN)ccc2C1.CN1CCc2cc(NC(=O)CCl)ccc2C1. The van der Waals surface area contributed by atoms with Crippen LogP contribution in [0.5, 0.6) is 0 Å². The molecule has 6 N–H and O–H groups in total. The molecule has 4 heterocycles. The lowest BCUT2D eigenvalue weighted by Gasteiger charge is -2.28. The summed E-state index contributed by atoms with van der Waals surface area (Å²) in [5, 5.41) is 8.41. The summed E-state index contributed by atoms with van der Waals surface area (Å²) in [5.74, 6) is 4.34. The number of carbonyl (C=O) groups is 3. The first-order chi connectivity index (χ1) is 26.9. The average Bonchev–Trinajstić information content (AvgIpc) is 3.21. The number of nitrogens with two attached hydrogens (primary N) is 1. The normalized spacial score (nSPS) is 16.6. The molecule has 0 unspecified atom stereocenters. The quantitative estimate of drug-likeness (QED) is 0.114. The Balaban J connectivity index is 0.000000163. The Hall–Kier alpha value is -4.06. The second-order valence-electron chi connectivity index (χ2n) is 14.4. The monoisotopic (exact) mass is 821 g/mol. The van der Waals surface area contributed by atoms with Crippen LogP contribution in [0.1, 0.15) is 33.4 Å². The van der Waals surface area contributed by atoms with Crippen molar-refractivity contribution >= 4 is 80.8 Å². The molecule has 7 rings (SSSR count). The molecule has 0 aliphatic carbocycles. The van der Waals surface area contributed by atoms with E-state index in [1.807, 2.05) is 41.3 Å². The topological polar surface area (TPSA) is 148 Å². The molecule has 0 radical (unpaired) electrons. The molecule has 3 aromatic carbocycles. The number of hydrazine groups is 1. The number of morpholine rings is 1. The molecule has 1 saturated heterocycles. The average molecular weight is 823 g/mol. The van der Waals surface area contributed by atoms with Gasteiger partial charge in [0.05, 0.1) is 13.2 Å². The molecule has 0 aromatic heterocycles. The van der Waals surface area contributed by atoms with Crippen LogP contribution in [0, 0.1) is 0 Å². The van der Waals surface area contributed by atoms with E-state index in [1.165, 1.54) is 33.4 Å². The maximum atomic E-state index is 12.3. The van der Waals surface area contributed by atoms with Crippen LogP contribution in [-0.4, -0.2) is 120 Å². The van der Waals surface area contributed by atoms with E-state index in [-0.39, 0.29) is 28.6 Å². The molecule has 0 bridgehead atoms. The summed E-state index contributed by atoms with van der Waals surface area (Å²) < 4.78 is 5.28. The lowest BCUT2D eigenvalue weighted by molar-refractivity contribution is -0.114. The van der Waals surface area contributed by atoms with E-state index in [0.29, 0.717) is 31.3 Å². The van der Waals surface area contributed by atoms with Crippen molar-refractivity contribution in [2.45, 2.75) is 38.9 Å². The molecule has 300 valence electrons. The number of thiocarbonyl (C=S) groups is 2. The molecular weight excluding hydrogens is 770 g/mol. The number of benzene rings is 3. The van der Waals surface area contributed by atoms with Gasteiger partial charge in [0.15, 0.2) is 9.98 Å². The number of fused-ring (bicyclic) bond motifs is 3. The van der Waals surface area contributed by atoms with E-state index < -0.39 is 0 Å². The van der Waals surface area contributed by atoms with Gasteiger partial charge in [0.25, 0.3) is 11.8 Å². The fourth-order valence-corrected chi connectivity index (χ4v) is 7.21. The third-order valence-electron chi connectivity index (χ3n) is 9.98. The van der Waals surface area contributed by atoms with E-state index in [1.54, 1.807) is 0 Å². The Morgan fingerprint density at radius 2 is 1.05 bits per heavy atom. The summed E-state index contributed by atoms with van der Waals surface area (Å²) >= 11 is 15.5. The minimum absolute atomic E-state index is 0.000176. The number of likely N-dealkylation sites (N-methyl/N-ethyl adjacent to an activating group) is 3. The Kier molecular flexibility index (Phi) is 16.1. The minimum Gasteiger partial charge on any atom is -0.378 e. The van der Waals surface area contributed by atoms with Gasteiger partial charge in [0.2, 0.25) is 5.91 Å². The zero-order valence-corrected chi connectivity index (χ0v) is 34.7. The van der Waals surface area contributed by atoms with Crippen LogP contribution in [0.2, 0.25) is 0 Å². The van der Waals surface area contributed by atoms with Gasteiger partial charge in [-0.15, -0.1) is 11.6 Å². The van der Waals surface area contributed by atoms with Crippen molar-refractivity contribution in [1.82, 2.24) is 25.0 Å². The summed E-state index contributed by atoms with van der Waals surface area (Å²) in [4.78, 5) is 44.1. The number of amides is 3. The predicted octanol–water partition coefficient (Wildman–Crippen LogP) is 3.53. The molecule has 3 amide bonds. The second kappa shape index (κ2) is 20.9. The number of ether oxygens (including phenoxy) is 1. The third-order valence-corrected chi connectivity index (χ3v) is 11.0. The van der Waals surface area contributed by atoms with Gasteiger partial charge in [0.1, 0.15) is 5.88 Å². The minimum atomic E-state index is -0.389. The molecular formula is C40H52ClN9O4S2. The number of carbonyl (C=O) groups excluding carboxylic acids is 3. The first-order valence-electron chi connectivity index (χ1n) is 18.7. The molecule has 56 heavy (non-hydrogen) atoms. The van der Waals surface area contributed by atoms with Crippen LogP contribution in [-0.2, 0) is 58.0 Å². The van der Waals surface area contributed by atoms with Crippen LogP contribution < -0.4 is 27.2 Å². The fourth-order valence-electron chi connectivity index (χ4n) is 6.86. The van der Waals surface area contributed by atoms with Crippen molar-refractivity contribution in [1.29, 1.82) is 0 Å². The highest BCUT2D eigenvalue weighted by atomic mass is 35.5. The highest BCUT2D eigenvalue weighted by Crippen LogP contribution is 2.24. The summed E-state index contributed by atoms with van der Waals surface area (Å²) in [7, 11) is 6.34. The zero-order chi connectivity index (χ0) is 40.2. The van der Waals surface area contributed by atoms with Gasteiger partial charge in [-0.25, -0.2) is 5.84 Å². The number of rotatable bonds is 4. The van der Waals surface area contributed by atoms with Crippen LogP contribution in [0.3, 0.4) is 0 Å². The second-order valence-corrected chi connectivity index (χ2v) is 15.4. The van der Waals surface area contributed by atoms with Crippen molar-refractivity contribution in [2.24, 2.45) is 5.84 Å². The van der Waals surface area contributed by atoms with Crippen molar-refractivity contribution < 1.29 is 19.1 Å². The summed E-state index contributed by atoms with van der Waals surface area (Å²) in [5.41, 5.74) is 12.5. The van der Waals surface area contributed by atoms with Gasteiger partial charge in [-0.2, -0.15) is 0 Å². The van der Waals surface area contributed by atoms with E-state index >= 15 is 0 Å². The Labute approximate surface area is 345 Å². The van der Waals surface area contributed by atoms with Crippen molar-refractivity contribution in [2.75, 3.05) is 88.9 Å². The van der Waals surface area contributed by atoms with E-state index in [2.05, 4.69) is 75.4 Å². The number of anilines is 3. The first kappa shape index (κ1) is 43.1. The van der Waals surface area contributed by atoms with Gasteiger partial charge in [0, 0.05) is 69.4 Å². The summed E-state index contributed by atoms with van der Waals surface area (Å²) in [6.45, 7) is 8.68. The molecule has 1 fully saturated rings. The number of nitrogens with zero attached hydrogens (tertiary/aromatic N) is 4. The molecule has 4 aliphatic heterocycles. The number of hydrogen-bond donors (Lipinski definition) is 5.